The van der Waals surface area contributed by atoms with Crippen LogP contribution in [0.5, 0.6) is 0 Å². The van der Waals surface area contributed by atoms with E-state index in [9.17, 15) is 9.18 Å². The molecule has 27 heavy (non-hydrogen) atoms. The molecular formula is C20H20F2N4O. The van der Waals surface area contributed by atoms with Gasteiger partial charge in [0, 0.05) is 38.4 Å². The number of nitrogens with two attached hydrogens (primary N) is 1. The Morgan fingerprint density at radius 1 is 1.07 bits per heavy atom. The number of aromatic nitrogens is 1. The van der Waals surface area contributed by atoms with Crippen molar-refractivity contribution in [2.24, 2.45) is 5.73 Å². The normalized spacial score (nSPS) is 14.7. The molecule has 3 aromatic rings. The molecule has 0 saturated carbocycles. The third kappa shape index (κ3) is 3.14. The number of hydrogen-bond acceptors (Lipinski definition) is 3. The Bertz CT molecular complexity index is 991. The van der Waals surface area contributed by atoms with Crippen molar-refractivity contribution in [2.45, 2.75) is 6.54 Å². The first-order chi connectivity index (χ1) is 13.1. The van der Waals surface area contributed by atoms with Gasteiger partial charge in [-0.1, -0.05) is 18.2 Å². The second kappa shape index (κ2) is 7.00. The van der Waals surface area contributed by atoms with Crippen molar-refractivity contribution in [3.63, 3.8) is 0 Å². The van der Waals surface area contributed by atoms with Crippen molar-refractivity contribution >= 4 is 22.5 Å². The lowest BCUT2D eigenvalue weighted by molar-refractivity contribution is 0.0988. The second-order valence-corrected chi connectivity index (χ2v) is 6.65. The number of piperazine rings is 1. The van der Waals surface area contributed by atoms with E-state index in [1.807, 2.05) is 12.1 Å². The molecule has 0 radical (unpaired) electrons. The van der Waals surface area contributed by atoms with Gasteiger partial charge in [0.1, 0.15) is 11.5 Å². The molecule has 1 aliphatic rings. The first kappa shape index (κ1) is 17.5. The summed E-state index contributed by atoms with van der Waals surface area (Å²) >= 11 is 0. The maximum absolute atomic E-state index is 15.3. The molecule has 5 nitrogen and oxygen atoms in total. The van der Waals surface area contributed by atoms with Crippen LogP contribution in [0.25, 0.3) is 10.9 Å². The number of hydrogen-bond donors (Lipinski definition) is 2. The van der Waals surface area contributed by atoms with Crippen molar-refractivity contribution in [1.82, 2.24) is 9.88 Å². The summed E-state index contributed by atoms with van der Waals surface area (Å²) in [5.41, 5.74) is 7.45. The molecule has 1 aromatic heterocycles. The van der Waals surface area contributed by atoms with Gasteiger partial charge in [0.05, 0.1) is 10.9 Å². The first-order valence-electron chi connectivity index (χ1n) is 8.87. The Kier molecular flexibility index (Phi) is 4.53. The zero-order valence-corrected chi connectivity index (χ0v) is 14.7. The standard InChI is InChI=1S/C20H20F2N4O/c21-14-6-4-13(5-7-14)12-26-16-3-1-2-15(25-10-8-24-9-11-25)17(16)18(22)19(26)20(23)27/h1-7,24H,8-12H2,(H2,23,27). The Morgan fingerprint density at radius 3 is 2.44 bits per heavy atom. The van der Waals surface area contributed by atoms with E-state index < -0.39 is 11.7 Å². The summed E-state index contributed by atoms with van der Waals surface area (Å²) in [5.74, 6) is -1.77. The number of nitrogens with zero attached hydrogens (tertiary/aromatic N) is 2. The molecule has 7 heteroatoms. The van der Waals surface area contributed by atoms with E-state index in [0.717, 1.165) is 37.4 Å². The monoisotopic (exact) mass is 370 g/mol. The quantitative estimate of drug-likeness (QED) is 0.742. The van der Waals surface area contributed by atoms with Gasteiger partial charge in [-0.3, -0.25) is 4.79 Å². The summed E-state index contributed by atoms with van der Waals surface area (Å²) in [5, 5.41) is 3.67. The molecule has 0 spiro atoms. The van der Waals surface area contributed by atoms with Crippen LogP contribution < -0.4 is 16.0 Å². The van der Waals surface area contributed by atoms with Crippen molar-refractivity contribution in [2.75, 3.05) is 31.1 Å². The lowest BCUT2D eigenvalue weighted by Crippen LogP contribution is -2.43. The Balaban J connectivity index is 1.88. The molecule has 140 valence electrons. The molecule has 0 atom stereocenters. The van der Waals surface area contributed by atoms with E-state index in [1.165, 1.54) is 12.1 Å². The van der Waals surface area contributed by atoms with Crippen LogP contribution in [0.2, 0.25) is 0 Å². The van der Waals surface area contributed by atoms with E-state index in [0.29, 0.717) is 10.9 Å². The molecule has 4 rings (SSSR count). The molecule has 2 aromatic carbocycles. The van der Waals surface area contributed by atoms with Gasteiger partial charge in [-0.15, -0.1) is 0 Å². The maximum Gasteiger partial charge on any atom is 0.268 e. The van der Waals surface area contributed by atoms with Crippen molar-refractivity contribution in [3.05, 3.63) is 65.4 Å². The van der Waals surface area contributed by atoms with Crippen LogP contribution in [0.3, 0.4) is 0 Å². The topological polar surface area (TPSA) is 63.3 Å². The minimum Gasteiger partial charge on any atom is -0.368 e. The number of primary amides is 1. The Hall–Kier alpha value is -2.93. The van der Waals surface area contributed by atoms with Crippen LogP contribution in [-0.2, 0) is 6.54 Å². The molecule has 1 aliphatic heterocycles. The molecule has 1 amide bonds. The number of fused-ring (bicyclic) bond motifs is 1. The van der Waals surface area contributed by atoms with E-state index in [4.69, 9.17) is 5.73 Å². The van der Waals surface area contributed by atoms with E-state index in [2.05, 4.69) is 10.2 Å². The Morgan fingerprint density at radius 2 is 1.78 bits per heavy atom. The van der Waals surface area contributed by atoms with Gasteiger partial charge in [-0.25, -0.2) is 8.78 Å². The number of carbonyl (C=O) groups is 1. The molecule has 0 bridgehead atoms. The average Bonchev–Trinajstić information content (AvgIpc) is 2.96. The number of halogens is 2. The highest BCUT2D eigenvalue weighted by atomic mass is 19.1. The molecule has 1 saturated heterocycles. The zero-order chi connectivity index (χ0) is 19.0. The molecule has 2 heterocycles. The van der Waals surface area contributed by atoms with Gasteiger partial charge in [-0.2, -0.15) is 0 Å². The van der Waals surface area contributed by atoms with Crippen LogP contribution in [0.1, 0.15) is 16.1 Å². The predicted molar refractivity (Wildman–Crippen MR) is 101 cm³/mol. The van der Waals surface area contributed by atoms with E-state index >= 15 is 4.39 Å². The number of nitrogens with one attached hydrogen (secondary N) is 1. The third-order valence-electron chi connectivity index (χ3n) is 4.95. The largest absolute Gasteiger partial charge is 0.368 e. The number of amides is 1. The summed E-state index contributed by atoms with van der Waals surface area (Å²) in [4.78, 5) is 14.1. The third-order valence-corrected chi connectivity index (χ3v) is 4.95. The fourth-order valence-corrected chi connectivity index (χ4v) is 3.68. The summed E-state index contributed by atoms with van der Waals surface area (Å²) in [6.45, 7) is 3.37. The number of carbonyl (C=O) groups excluding carboxylic acids is 1. The molecule has 0 unspecified atom stereocenters. The fourth-order valence-electron chi connectivity index (χ4n) is 3.68. The summed E-state index contributed by atoms with van der Waals surface area (Å²) in [6, 6.07) is 11.4. The summed E-state index contributed by atoms with van der Waals surface area (Å²) < 4.78 is 30.1. The van der Waals surface area contributed by atoms with Crippen molar-refractivity contribution in [1.29, 1.82) is 0 Å². The molecule has 0 aliphatic carbocycles. The number of anilines is 1. The Labute approximate surface area is 155 Å². The predicted octanol–water partition coefficient (Wildman–Crippen LogP) is 2.48. The summed E-state index contributed by atoms with van der Waals surface area (Å²) in [6.07, 6.45) is 0. The van der Waals surface area contributed by atoms with Gasteiger partial charge >= 0.3 is 0 Å². The van der Waals surface area contributed by atoms with Gasteiger partial charge < -0.3 is 20.5 Å². The van der Waals surface area contributed by atoms with Crippen molar-refractivity contribution in [3.8, 4) is 0 Å². The van der Waals surface area contributed by atoms with E-state index in [1.54, 1.807) is 22.8 Å². The minimum atomic E-state index is -0.822. The minimum absolute atomic E-state index is 0.156. The smallest absolute Gasteiger partial charge is 0.268 e. The average molecular weight is 370 g/mol. The number of rotatable bonds is 4. The van der Waals surface area contributed by atoms with Crippen LogP contribution >= 0.6 is 0 Å². The van der Waals surface area contributed by atoms with Gasteiger partial charge in [-0.05, 0) is 29.8 Å². The van der Waals surface area contributed by atoms with Crippen LogP contribution in [0.4, 0.5) is 14.5 Å². The SMILES string of the molecule is NC(=O)c1c(F)c2c(N3CCNCC3)cccc2n1Cc1ccc(F)cc1. The fraction of sp³-hybridized carbons (Fsp3) is 0.250. The van der Waals surface area contributed by atoms with Gasteiger partial charge in [0.2, 0.25) is 0 Å². The molecule has 1 fully saturated rings. The molecule has 3 N–H and O–H groups in total. The molecular weight excluding hydrogens is 350 g/mol. The van der Waals surface area contributed by atoms with Gasteiger partial charge in [0.15, 0.2) is 5.82 Å². The van der Waals surface area contributed by atoms with Crippen molar-refractivity contribution < 1.29 is 13.6 Å². The highest BCUT2D eigenvalue weighted by Gasteiger charge is 2.25. The highest BCUT2D eigenvalue weighted by molar-refractivity contribution is 6.03. The van der Waals surface area contributed by atoms with E-state index in [-0.39, 0.29) is 18.1 Å². The highest BCUT2D eigenvalue weighted by Crippen LogP contribution is 2.34. The first-order valence-corrected chi connectivity index (χ1v) is 8.87. The van der Waals surface area contributed by atoms with Gasteiger partial charge in [0.25, 0.3) is 5.91 Å². The van der Waals surface area contributed by atoms with Crippen LogP contribution in [0.15, 0.2) is 42.5 Å². The van der Waals surface area contributed by atoms with Crippen LogP contribution in [0, 0.1) is 11.6 Å². The maximum atomic E-state index is 15.3. The zero-order valence-electron chi connectivity index (χ0n) is 14.7. The van der Waals surface area contributed by atoms with Crippen LogP contribution in [-0.4, -0.2) is 36.7 Å². The second-order valence-electron chi connectivity index (χ2n) is 6.65. The lowest BCUT2D eigenvalue weighted by atomic mass is 10.1. The summed E-state index contributed by atoms with van der Waals surface area (Å²) in [7, 11) is 0. The lowest BCUT2D eigenvalue weighted by Gasteiger charge is -2.30. The number of benzene rings is 2.